The number of hydrogen-bond acceptors (Lipinski definition) is 3. The number of fused-ring (bicyclic) bond motifs is 2. The van der Waals surface area contributed by atoms with E-state index in [0.717, 1.165) is 0 Å². The second-order valence-electron chi connectivity index (χ2n) is 11.7. The first-order valence-corrected chi connectivity index (χ1v) is 16.0. The quantitative estimate of drug-likeness (QED) is 0.197. The maximum absolute atomic E-state index is 2.50. The van der Waals surface area contributed by atoms with Crippen molar-refractivity contribution in [2.75, 3.05) is 9.80 Å². The van der Waals surface area contributed by atoms with Crippen LogP contribution in [0.1, 0.15) is 27.8 Å². The number of aryl methyl sites for hydroxylation is 4. The normalized spacial score (nSPS) is 12.1. The van der Waals surface area contributed by atoms with Crippen molar-refractivity contribution in [3.63, 3.8) is 0 Å². The minimum Gasteiger partial charge on any atom is -0.309 e. The first-order chi connectivity index (χ1) is 21.4. The molecular formula is C41H36N2S. The Labute approximate surface area is 265 Å². The summed E-state index contributed by atoms with van der Waals surface area (Å²) in [6.07, 6.45) is 0. The molecule has 1 aliphatic heterocycles. The van der Waals surface area contributed by atoms with Crippen molar-refractivity contribution in [2.45, 2.75) is 44.4 Å². The molecular weight excluding hydrogens is 553 g/mol. The number of para-hydroxylation sites is 4. The van der Waals surface area contributed by atoms with Crippen LogP contribution in [-0.4, -0.2) is 0 Å². The van der Waals surface area contributed by atoms with Gasteiger partial charge in [-0.25, -0.2) is 0 Å². The standard InChI is InChI=1S/C41H36N2S/c1-27-15-9-10-21-34(27)42(40-28(2)16-13-17-29(40)3)36-25-33(32-19-7-6-8-20-32)26-37(31(36)5)43-35-22-11-12-23-38(35)44-39-24-14-18-30(4)41(39)43/h6-26H,1-5H3. The summed E-state index contributed by atoms with van der Waals surface area (Å²) >= 11 is 1.86. The molecule has 1 aliphatic rings. The monoisotopic (exact) mass is 588 g/mol. The van der Waals surface area contributed by atoms with E-state index in [4.69, 9.17) is 0 Å². The molecule has 0 radical (unpaired) electrons. The van der Waals surface area contributed by atoms with E-state index in [9.17, 15) is 0 Å². The van der Waals surface area contributed by atoms with Crippen LogP contribution in [0.3, 0.4) is 0 Å². The summed E-state index contributed by atoms with van der Waals surface area (Å²) in [4.78, 5) is 7.54. The maximum atomic E-state index is 2.50. The largest absolute Gasteiger partial charge is 0.309 e. The van der Waals surface area contributed by atoms with Gasteiger partial charge in [0.15, 0.2) is 0 Å². The predicted octanol–water partition coefficient (Wildman–Crippen LogP) is 12.3. The van der Waals surface area contributed by atoms with Crippen LogP contribution in [0.5, 0.6) is 0 Å². The molecule has 1 heterocycles. The van der Waals surface area contributed by atoms with E-state index in [1.807, 2.05) is 11.8 Å². The van der Waals surface area contributed by atoms with Gasteiger partial charge in [0.05, 0.1) is 28.4 Å². The van der Waals surface area contributed by atoms with E-state index in [0.29, 0.717) is 0 Å². The van der Waals surface area contributed by atoms with Gasteiger partial charge in [0, 0.05) is 15.5 Å². The van der Waals surface area contributed by atoms with Crippen molar-refractivity contribution in [3.05, 3.63) is 155 Å². The number of anilines is 6. The maximum Gasteiger partial charge on any atom is 0.0630 e. The van der Waals surface area contributed by atoms with Gasteiger partial charge in [0.2, 0.25) is 0 Å². The molecule has 0 bridgehead atoms. The SMILES string of the molecule is Cc1ccccc1N(c1cc(-c2ccccc2)cc(N2c3ccccc3Sc3cccc(C)c32)c1C)c1c(C)cccc1C. The van der Waals surface area contributed by atoms with Crippen LogP contribution >= 0.6 is 11.8 Å². The smallest absolute Gasteiger partial charge is 0.0630 e. The summed E-state index contributed by atoms with van der Waals surface area (Å²) in [6, 6.07) is 46.4. The minimum atomic E-state index is 1.18. The fourth-order valence-corrected chi connectivity index (χ4v) is 7.65. The third-order valence-corrected chi connectivity index (χ3v) is 9.83. The lowest BCUT2D eigenvalue weighted by atomic mass is 9.96. The molecule has 3 heteroatoms. The third-order valence-electron chi connectivity index (χ3n) is 8.71. The van der Waals surface area contributed by atoms with E-state index in [1.165, 1.54) is 82.9 Å². The molecule has 216 valence electrons. The van der Waals surface area contributed by atoms with Crippen molar-refractivity contribution in [1.82, 2.24) is 0 Å². The summed E-state index contributed by atoms with van der Waals surface area (Å²) in [6.45, 7) is 11.2. The zero-order valence-corrected chi connectivity index (χ0v) is 26.7. The second-order valence-corrected chi connectivity index (χ2v) is 12.8. The topological polar surface area (TPSA) is 6.48 Å². The van der Waals surface area contributed by atoms with E-state index < -0.39 is 0 Å². The van der Waals surface area contributed by atoms with E-state index >= 15 is 0 Å². The zero-order valence-electron chi connectivity index (χ0n) is 25.9. The van der Waals surface area contributed by atoms with Gasteiger partial charge in [-0.05, 0) is 110 Å². The molecule has 7 rings (SSSR count). The number of nitrogens with zero attached hydrogens (tertiary/aromatic N) is 2. The molecule has 6 aromatic rings. The third kappa shape index (κ3) is 4.78. The van der Waals surface area contributed by atoms with Crippen molar-refractivity contribution in [3.8, 4) is 11.1 Å². The van der Waals surface area contributed by atoms with Gasteiger partial charge in [-0.15, -0.1) is 0 Å². The Morgan fingerprint density at radius 3 is 1.86 bits per heavy atom. The van der Waals surface area contributed by atoms with Crippen molar-refractivity contribution in [1.29, 1.82) is 0 Å². The van der Waals surface area contributed by atoms with Crippen LogP contribution < -0.4 is 9.80 Å². The number of benzene rings is 6. The molecule has 0 saturated carbocycles. The fraction of sp³-hybridized carbons (Fsp3) is 0.122. The summed E-state index contributed by atoms with van der Waals surface area (Å²) < 4.78 is 0. The lowest BCUT2D eigenvalue weighted by molar-refractivity contribution is 1.12. The minimum absolute atomic E-state index is 1.18. The summed E-state index contributed by atoms with van der Waals surface area (Å²) in [5.41, 5.74) is 15.9. The van der Waals surface area contributed by atoms with Crippen LogP contribution in [0.25, 0.3) is 11.1 Å². The number of hydrogen-bond donors (Lipinski definition) is 0. The molecule has 0 atom stereocenters. The van der Waals surface area contributed by atoms with E-state index in [1.54, 1.807) is 0 Å². The zero-order chi connectivity index (χ0) is 30.4. The average Bonchev–Trinajstić information content (AvgIpc) is 3.03. The summed E-state index contributed by atoms with van der Waals surface area (Å²) in [5, 5.41) is 0. The van der Waals surface area contributed by atoms with Crippen LogP contribution in [0.2, 0.25) is 0 Å². The summed E-state index contributed by atoms with van der Waals surface area (Å²) in [7, 11) is 0. The molecule has 44 heavy (non-hydrogen) atoms. The molecule has 2 nitrogen and oxygen atoms in total. The van der Waals surface area contributed by atoms with Gasteiger partial charge in [0.1, 0.15) is 0 Å². The van der Waals surface area contributed by atoms with Gasteiger partial charge in [-0.1, -0.05) is 103 Å². The van der Waals surface area contributed by atoms with Gasteiger partial charge < -0.3 is 9.80 Å². The van der Waals surface area contributed by atoms with Crippen LogP contribution in [0.4, 0.5) is 34.1 Å². The highest BCUT2D eigenvalue weighted by molar-refractivity contribution is 7.99. The van der Waals surface area contributed by atoms with E-state index in [2.05, 4.69) is 172 Å². The van der Waals surface area contributed by atoms with Crippen LogP contribution in [0, 0.1) is 34.6 Å². The molecule has 0 aromatic heterocycles. The van der Waals surface area contributed by atoms with Crippen LogP contribution in [-0.2, 0) is 0 Å². The Kier molecular flexibility index (Phi) is 7.27. The molecule has 0 spiro atoms. The number of rotatable bonds is 5. The molecule has 0 saturated heterocycles. The Bertz CT molecular complexity index is 1990. The van der Waals surface area contributed by atoms with Crippen molar-refractivity contribution >= 4 is 45.9 Å². The molecule has 0 aliphatic carbocycles. The Morgan fingerprint density at radius 1 is 0.477 bits per heavy atom. The lowest BCUT2D eigenvalue weighted by Crippen LogP contribution is -2.20. The Morgan fingerprint density at radius 2 is 1.09 bits per heavy atom. The highest BCUT2D eigenvalue weighted by atomic mass is 32.2. The van der Waals surface area contributed by atoms with E-state index in [-0.39, 0.29) is 0 Å². The Balaban J connectivity index is 1.59. The predicted molar refractivity (Wildman–Crippen MR) is 189 cm³/mol. The van der Waals surface area contributed by atoms with Gasteiger partial charge in [0.25, 0.3) is 0 Å². The highest BCUT2D eigenvalue weighted by Crippen LogP contribution is 2.55. The van der Waals surface area contributed by atoms with Crippen LogP contribution in [0.15, 0.2) is 137 Å². The molecule has 0 amide bonds. The molecule has 0 N–H and O–H groups in total. The Hall–Kier alpha value is -4.73. The van der Waals surface area contributed by atoms with Gasteiger partial charge >= 0.3 is 0 Å². The molecule has 0 unspecified atom stereocenters. The van der Waals surface area contributed by atoms with Crippen molar-refractivity contribution in [2.24, 2.45) is 0 Å². The molecule has 0 fully saturated rings. The summed E-state index contributed by atoms with van der Waals surface area (Å²) in [5.74, 6) is 0. The van der Waals surface area contributed by atoms with Crippen molar-refractivity contribution < 1.29 is 0 Å². The lowest BCUT2D eigenvalue weighted by Gasteiger charge is -2.37. The molecule has 6 aromatic carbocycles. The first kappa shape index (κ1) is 28.1. The van der Waals surface area contributed by atoms with Gasteiger partial charge in [-0.2, -0.15) is 0 Å². The fourth-order valence-electron chi connectivity index (χ4n) is 6.51. The highest BCUT2D eigenvalue weighted by Gasteiger charge is 2.30. The van der Waals surface area contributed by atoms with Gasteiger partial charge in [-0.3, -0.25) is 0 Å². The first-order valence-electron chi connectivity index (χ1n) is 15.2. The second kappa shape index (κ2) is 11.4. The average molecular weight is 589 g/mol.